The van der Waals surface area contributed by atoms with Gasteiger partial charge in [0.05, 0.1) is 18.6 Å². The molecule has 2 heterocycles. The predicted octanol–water partition coefficient (Wildman–Crippen LogP) is 4.59. The second kappa shape index (κ2) is 9.60. The van der Waals surface area contributed by atoms with Crippen LogP contribution in [0.4, 0.5) is 0 Å². The largest absolute Gasteiger partial charge is 0.493 e. The maximum atomic E-state index is 11.8. The summed E-state index contributed by atoms with van der Waals surface area (Å²) in [5.41, 5.74) is 1.65. The number of aryl methyl sites for hydroxylation is 1. The molecule has 1 aromatic carbocycles. The number of nitrogens with one attached hydrogen (secondary N) is 1. The minimum absolute atomic E-state index is 0.118. The van der Waals surface area contributed by atoms with Gasteiger partial charge in [0.2, 0.25) is 0 Å². The third-order valence-corrected chi connectivity index (χ3v) is 4.41. The van der Waals surface area contributed by atoms with Crippen molar-refractivity contribution in [3.05, 3.63) is 35.7 Å². The SMILES string of the molecule is CCOC(=O)c1coc(-c2oc3cccc(OCCCNCC(C)C)c3c2C)n1. The quantitative estimate of drug-likeness (QED) is 0.393. The molecule has 0 fully saturated rings. The summed E-state index contributed by atoms with van der Waals surface area (Å²) < 4.78 is 22.4. The molecule has 0 atom stereocenters. The maximum absolute atomic E-state index is 11.8. The molecule has 29 heavy (non-hydrogen) atoms. The Balaban J connectivity index is 1.74. The summed E-state index contributed by atoms with van der Waals surface area (Å²) in [6.45, 7) is 10.8. The van der Waals surface area contributed by atoms with Gasteiger partial charge in [-0.2, -0.15) is 4.98 Å². The van der Waals surface area contributed by atoms with Crippen LogP contribution in [0.3, 0.4) is 0 Å². The van der Waals surface area contributed by atoms with Crippen molar-refractivity contribution >= 4 is 16.9 Å². The number of rotatable bonds is 10. The minimum atomic E-state index is -0.522. The number of hydrogen-bond acceptors (Lipinski definition) is 7. The number of benzene rings is 1. The first kappa shape index (κ1) is 20.9. The molecule has 3 rings (SSSR count). The van der Waals surface area contributed by atoms with Crippen molar-refractivity contribution in [2.24, 2.45) is 5.92 Å². The summed E-state index contributed by atoms with van der Waals surface area (Å²) in [5.74, 6) is 1.59. The van der Waals surface area contributed by atoms with Gasteiger partial charge in [0.25, 0.3) is 5.89 Å². The van der Waals surface area contributed by atoms with Crippen LogP contribution in [0.25, 0.3) is 22.6 Å². The normalized spacial score (nSPS) is 11.3. The fourth-order valence-corrected chi connectivity index (χ4v) is 3.04. The Kier molecular flexibility index (Phi) is 6.93. The molecule has 3 aromatic rings. The fraction of sp³-hybridized carbons (Fsp3) is 0.455. The summed E-state index contributed by atoms with van der Waals surface area (Å²) in [6, 6.07) is 5.69. The predicted molar refractivity (Wildman–Crippen MR) is 110 cm³/mol. The molecule has 0 unspecified atom stereocenters. The molecule has 156 valence electrons. The van der Waals surface area contributed by atoms with Crippen molar-refractivity contribution in [2.75, 3.05) is 26.3 Å². The van der Waals surface area contributed by atoms with Crippen molar-refractivity contribution in [1.29, 1.82) is 0 Å². The standard InChI is InChI=1S/C22H28N2O5/c1-5-26-22(25)16-13-28-21(24-16)20-15(4)19-17(8-6-9-18(19)29-20)27-11-7-10-23-12-14(2)3/h6,8-9,13-14,23H,5,7,10-12H2,1-4H3. The summed E-state index contributed by atoms with van der Waals surface area (Å²) in [7, 11) is 0. The van der Waals surface area contributed by atoms with E-state index in [-0.39, 0.29) is 18.2 Å². The Hall–Kier alpha value is -2.80. The van der Waals surface area contributed by atoms with E-state index in [1.807, 2.05) is 25.1 Å². The number of aromatic nitrogens is 1. The molecule has 0 spiro atoms. The van der Waals surface area contributed by atoms with Crippen LogP contribution in [-0.4, -0.2) is 37.3 Å². The van der Waals surface area contributed by atoms with Crippen molar-refractivity contribution < 1.29 is 23.1 Å². The molecule has 0 aliphatic heterocycles. The molecule has 0 saturated carbocycles. The van der Waals surface area contributed by atoms with E-state index in [1.165, 1.54) is 6.26 Å². The maximum Gasteiger partial charge on any atom is 0.360 e. The van der Waals surface area contributed by atoms with Gasteiger partial charge in [-0.3, -0.25) is 0 Å². The third kappa shape index (κ3) is 4.98. The van der Waals surface area contributed by atoms with Gasteiger partial charge in [0.15, 0.2) is 11.5 Å². The number of carbonyl (C=O) groups is 1. The molecule has 0 aliphatic carbocycles. The van der Waals surface area contributed by atoms with E-state index in [1.54, 1.807) is 6.92 Å². The Labute approximate surface area is 170 Å². The zero-order chi connectivity index (χ0) is 20.8. The number of carbonyl (C=O) groups excluding carboxylic acids is 1. The summed E-state index contributed by atoms with van der Waals surface area (Å²) in [5, 5.41) is 4.29. The van der Waals surface area contributed by atoms with Gasteiger partial charge in [-0.1, -0.05) is 19.9 Å². The molecule has 0 aliphatic rings. The van der Waals surface area contributed by atoms with Crippen LogP contribution in [0, 0.1) is 12.8 Å². The van der Waals surface area contributed by atoms with Crippen LogP contribution in [0.5, 0.6) is 5.75 Å². The number of ether oxygens (including phenoxy) is 2. The zero-order valence-corrected chi connectivity index (χ0v) is 17.4. The highest BCUT2D eigenvalue weighted by molar-refractivity contribution is 5.92. The first-order valence-corrected chi connectivity index (χ1v) is 9.99. The van der Waals surface area contributed by atoms with E-state index in [2.05, 4.69) is 24.1 Å². The molecular formula is C22H28N2O5. The van der Waals surface area contributed by atoms with E-state index in [0.717, 1.165) is 36.2 Å². The summed E-state index contributed by atoms with van der Waals surface area (Å²) in [4.78, 5) is 16.0. The second-order valence-corrected chi connectivity index (χ2v) is 7.24. The molecule has 1 N–H and O–H groups in total. The van der Waals surface area contributed by atoms with E-state index < -0.39 is 5.97 Å². The first-order valence-electron chi connectivity index (χ1n) is 9.99. The number of esters is 1. The number of oxazole rings is 1. The number of hydrogen-bond donors (Lipinski definition) is 1. The van der Waals surface area contributed by atoms with Crippen LogP contribution in [-0.2, 0) is 4.74 Å². The Morgan fingerprint density at radius 1 is 1.31 bits per heavy atom. The van der Waals surface area contributed by atoms with Gasteiger partial charge in [0, 0.05) is 5.56 Å². The van der Waals surface area contributed by atoms with E-state index in [9.17, 15) is 4.79 Å². The number of fused-ring (bicyclic) bond motifs is 1. The number of nitrogens with zero attached hydrogens (tertiary/aromatic N) is 1. The fourth-order valence-electron chi connectivity index (χ4n) is 3.04. The molecular weight excluding hydrogens is 372 g/mol. The summed E-state index contributed by atoms with van der Waals surface area (Å²) >= 11 is 0. The van der Waals surface area contributed by atoms with Crippen LogP contribution < -0.4 is 10.1 Å². The van der Waals surface area contributed by atoms with Crippen molar-refractivity contribution in [3.8, 4) is 17.4 Å². The second-order valence-electron chi connectivity index (χ2n) is 7.24. The van der Waals surface area contributed by atoms with Crippen LogP contribution in [0.1, 0.15) is 43.2 Å². The van der Waals surface area contributed by atoms with Gasteiger partial charge in [-0.05, 0) is 51.4 Å². The molecule has 0 amide bonds. The lowest BCUT2D eigenvalue weighted by molar-refractivity contribution is 0.0519. The highest BCUT2D eigenvalue weighted by atomic mass is 16.5. The van der Waals surface area contributed by atoms with Crippen molar-refractivity contribution in [1.82, 2.24) is 10.3 Å². The van der Waals surface area contributed by atoms with Crippen molar-refractivity contribution in [2.45, 2.75) is 34.1 Å². The first-order chi connectivity index (χ1) is 14.0. The zero-order valence-electron chi connectivity index (χ0n) is 17.4. The average Bonchev–Trinajstić information content (AvgIpc) is 3.30. The smallest absolute Gasteiger partial charge is 0.360 e. The molecule has 7 heteroatoms. The van der Waals surface area contributed by atoms with Crippen molar-refractivity contribution in [3.63, 3.8) is 0 Å². The molecule has 0 saturated heterocycles. The third-order valence-electron chi connectivity index (χ3n) is 4.41. The van der Waals surface area contributed by atoms with E-state index >= 15 is 0 Å². The van der Waals surface area contributed by atoms with E-state index in [0.29, 0.717) is 23.9 Å². The van der Waals surface area contributed by atoms with Crippen LogP contribution in [0.2, 0.25) is 0 Å². The van der Waals surface area contributed by atoms with Gasteiger partial charge < -0.3 is 23.6 Å². The van der Waals surface area contributed by atoms with Crippen LogP contribution in [0.15, 0.2) is 33.3 Å². The Morgan fingerprint density at radius 3 is 2.90 bits per heavy atom. The minimum Gasteiger partial charge on any atom is -0.493 e. The van der Waals surface area contributed by atoms with Gasteiger partial charge in [0.1, 0.15) is 17.6 Å². The highest BCUT2D eigenvalue weighted by Crippen LogP contribution is 2.37. The average molecular weight is 400 g/mol. The summed E-state index contributed by atoms with van der Waals surface area (Å²) in [6.07, 6.45) is 2.19. The molecule has 0 radical (unpaired) electrons. The molecule has 2 aromatic heterocycles. The Morgan fingerprint density at radius 2 is 2.14 bits per heavy atom. The lowest BCUT2D eigenvalue weighted by atomic mass is 10.1. The van der Waals surface area contributed by atoms with Gasteiger partial charge in [-0.15, -0.1) is 0 Å². The van der Waals surface area contributed by atoms with Gasteiger partial charge >= 0.3 is 5.97 Å². The lowest BCUT2D eigenvalue weighted by Gasteiger charge is -2.09. The topological polar surface area (TPSA) is 86.7 Å². The molecule has 0 bridgehead atoms. The van der Waals surface area contributed by atoms with E-state index in [4.69, 9.17) is 18.3 Å². The van der Waals surface area contributed by atoms with Gasteiger partial charge in [-0.25, -0.2) is 4.79 Å². The molecule has 7 nitrogen and oxygen atoms in total. The monoisotopic (exact) mass is 400 g/mol. The lowest BCUT2D eigenvalue weighted by Crippen LogP contribution is -2.22. The van der Waals surface area contributed by atoms with Crippen LogP contribution >= 0.6 is 0 Å². The number of furan rings is 1. The highest BCUT2D eigenvalue weighted by Gasteiger charge is 2.22. The Bertz CT molecular complexity index is 957.